The molecular weight excluding hydrogens is 356 g/mol. The molecule has 0 spiro atoms. The van der Waals surface area contributed by atoms with Gasteiger partial charge < -0.3 is 20.9 Å². The highest BCUT2D eigenvalue weighted by molar-refractivity contribution is 5.96. The van der Waals surface area contributed by atoms with Crippen molar-refractivity contribution in [3.05, 3.63) is 41.7 Å². The molecule has 1 amide bonds. The molecular formula is C19H22N8O. The van der Waals surface area contributed by atoms with Gasteiger partial charge in [-0.05, 0) is 31.7 Å². The number of primary amides is 1. The Morgan fingerprint density at radius 2 is 1.86 bits per heavy atom. The molecule has 9 heteroatoms. The number of carbonyl (C=O) groups is 1. The number of nitrogens with two attached hydrogens (primary N) is 1. The van der Waals surface area contributed by atoms with E-state index in [-0.39, 0.29) is 0 Å². The summed E-state index contributed by atoms with van der Waals surface area (Å²) in [5, 5.41) is 3.26. The second-order valence-electron chi connectivity index (χ2n) is 6.91. The first-order valence-corrected chi connectivity index (χ1v) is 9.11. The molecule has 0 aliphatic carbocycles. The van der Waals surface area contributed by atoms with Gasteiger partial charge in [0.05, 0.1) is 0 Å². The molecule has 0 bridgehead atoms. The van der Waals surface area contributed by atoms with Gasteiger partial charge in [0.25, 0.3) is 0 Å². The molecule has 2 aromatic heterocycles. The molecule has 0 unspecified atom stereocenters. The Hall–Kier alpha value is -3.33. The van der Waals surface area contributed by atoms with Gasteiger partial charge in [-0.15, -0.1) is 0 Å². The van der Waals surface area contributed by atoms with Crippen LogP contribution in [0.1, 0.15) is 15.9 Å². The van der Waals surface area contributed by atoms with Gasteiger partial charge in [-0.2, -0.15) is 9.97 Å². The lowest BCUT2D eigenvalue weighted by Crippen LogP contribution is -2.45. The highest BCUT2D eigenvalue weighted by Gasteiger charge is 2.19. The summed E-state index contributed by atoms with van der Waals surface area (Å²) < 4.78 is 0. The molecule has 1 aliphatic rings. The average molecular weight is 378 g/mol. The molecule has 1 aliphatic heterocycles. The third-order valence-electron chi connectivity index (χ3n) is 4.87. The molecule has 144 valence electrons. The van der Waals surface area contributed by atoms with E-state index in [4.69, 9.17) is 10.7 Å². The van der Waals surface area contributed by atoms with Crippen LogP contribution >= 0.6 is 0 Å². The number of benzene rings is 1. The average Bonchev–Trinajstić information content (AvgIpc) is 2.69. The molecule has 0 saturated carbocycles. The van der Waals surface area contributed by atoms with Gasteiger partial charge in [-0.25, -0.2) is 9.97 Å². The van der Waals surface area contributed by atoms with Crippen molar-refractivity contribution >= 4 is 34.5 Å². The third-order valence-corrected chi connectivity index (χ3v) is 4.87. The number of nitrogens with zero attached hydrogens (tertiary/aromatic N) is 6. The van der Waals surface area contributed by atoms with Crippen LogP contribution in [-0.4, -0.2) is 64.0 Å². The molecule has 1 aromatic carbocycles. The SMILES string of the molecule is Cc1ccc(Nc2nc(N3CCN(C)CC3)nc3nccnc23)cc1C(N)=O. The summed E-state index contributed by atoms with van der Waals surface area (Å²) in [4.78, 5) is 34.1. The van der Waals surface area contributed by atoms with Gasteiger partial charge in [-0.1, -0.05) is 6.07 Å². The predicted molar refractivity (Wildman–Crippen MR) is 108 cm³/mol. The van der Waals surface area contributed by atoms with Gasteiger partial charge in [0, 0.05) is 49.8 Å². The first-order valence-electron chi connectivity index (χ1n) is 9.11. The summed E-state index contributed by atoms with van der Waals surface area (Å²) in [6.45, 7) is 5.44. The second kappa shape index (κ2) is 7.35. The number of hydrogen-bond acceptors (Lipinski definition) is 8. The minimum Gasteiger partial charge on any atom is -0.366 e. The monoisotopic (exact) mass is 378 g/mol. The summed E-state index contributed by atoms with van der Waals surface area (Å²) in [5.74, 6) is 0.698. The van der Waals surface area contributed by atoms with E-state index in [0.29, 0.717) is 34.2 Å². The van der Waals surface area contributed by atoms with Crippen molar-refractivity contribution in [2.45, 2.75) is 6.92 Å². The standard InChI is InChI=1S/C19H22N8O/c1-12-3-4-13(11-14(12)16(20)28)23-18-15-17(22-6-5-21-15)24-19(25-18)27-9-7-26(2)8-10-27/h3-6,11H,7-10H2,1-2H3,(H2,20,28)(H,22,23,24,25). The number of carbonyl (C=O) groups excluding carboxylic acids is 1. The Morgan fingerprint density at radius 3 is 2.61 bits per heavy atom. The van der Waals surface area contributed by atoms with Crippen LogP contribution in [0.2, 0.25) is 0 Å². The van der Waals surface area contributed by atoms with Crippen molar-refractivity contribution in [2.24, 2.45) is 5.73 Å². The number of nitrogens with one attached hydrogen (secondary N) is 1. The summed E-state index contributed by atoms with van der Waals surface area (Å²) in [7, 11) is 2.10. The van der Waals surface area contributed by atoms with Crippen molar-refractivity contribution in [3.8, 4) is 0 Å². The largest absolute Gasteiger partial charge is 0.366 e. The van der Waals surface area contributed by atoms with E-state index in [1.165, 1.54) is 0 Å². The minimum atomic E-state index is -0.466. The number of amides is 1. The maximum atomic E-state index is 11.7. The lowest BCUT2D eigenvalue weighted by molar-refractivity contribution is 0.0999. The van der Waals surface area contributed by atoms with Crippen molar-refractivity contribution in [1.29, 1.82) is 0 Å². The third kappa shape index (κ3) is 3.56. The van der Waals surface area contributed by atoms with Crippen LogP contribution in [0.5, 0.6) is 0 Å². The van der Waals surface area contributed by atoms with E-state index in [1.54, 1.807) is 18.5 Å². The first kappa shape index (κ1) is 18.1. The van der Waals surface area contributed by atoms with Crippen LogP contribution in [0, 0.1) is 6.92 Å². The van der Waals surface area contributed by atoms with Crippen LogP contribution in [0.3, 0.4) is 0 Å². The van der Waals surface area contributed by atoms with E-state index in [0.717, 1.165) is 31.7 Å². The fraction of sp³-hybridized carbons (Fsp3) is 0.316. The summed E-state index contributed by atoms with van der Waals surface area (Å²) in [6.07, 6.45) is 3.22. The predicted octanol–water partition coefficient (Wildman–Crippen LogP) is 1.32. The van der Waals surface area contributed by atoms with Gasteiger partial charge in [0.15, 0.2) is 17.0 Å². The molecule has 9 nitrogen and oxygen atoms in total. The van der Waals surface area contributed by atoms with Crippen LogP contribution < -0.4 is 16.0 Å². The first-order chi connectivity index (χ1) is 13.5. The lowest BCUT2D eigenvalue weighted by Gasteiger charge is -2.32. The molecule has 3 N–H and O–H groups in total. The van der Waals surface area contributed by atoms with E-state index in [9.17, 15) is 4.79 Å². The highest BCUT2D eigenvalue weighted by atomic mass is 16.1. The van der Waals surface area contributed by atoms with E-state index in [1.807, 2.05) is 19.1 Å². The number of piperazine rings is 1. The lowest BCUT2D eigenvalue weighted by atomic mass is 10.1. The Labute approximate surface area is 162 Å². The zero-order valence-corrected chi connectivity index (χ0v) is 15.9. The van der Waals surface area contributed by atoms with Crippen LogP contribution in [0.15, 0.2) is 30.6 Å². The van der Waals surface area contributed by atoms with Crippen LogP contribution in [-0.2, 0) is 0 Å². The number of anilines is 3. The Kier molecular flexibility index (Phi) is 4.74. The number of rotatable bonds is 4. The van der Waals surface area contributed by atoms with Gasteiger partial charge >= 0.3 is 0 Å². The van der Waals surface area contributed by atoms with E-state index in [2.05, 4.69) is 37.1 Å². The Balaban J connectivity index is 1.73. The Bertz CT molecular complexity index is 1030. The van der Waals surface area contributed by atoms with Crippen molar-refractivity contribution < 1.29 is 4.79 Å². The molecule has 0 atom stereocenters. The van der Waals surface area contributed by atoms with Gasteiger partial charge in [0.1, 0.15) is 0 Å². The molecule has 3 heterocycles. The maximum absolute atomic E-state index is 11.7. The van der Waals surface area contributed by atoms with Crippen LogP contribution in [0.4, 0.5) is 17.5 Å². The molecule has 28 heavy (non-hydrogen) atoms. The van der Waals surface area contributed by atoms with Crippen LogP contribution in [0.25, 0.3) is 11.2 Å². The summed E-state index contributed by atoms with van der Waals surface area (Å²) >= 11 is 0. The van der Waals surface area contributed by atoms with Crippen molar-refractivity contribution in [1.82, 2.24) is 24.8 Å². The molecule has 1 saturated heterocycles. The second-order valence-corrected chi connectivity index (χ2v) is 6.91. The number of aryl methyl sites for hydroxylation is 1. The number of aromatic nitrogens is 4. The van der Waals surface area contributed by atoms with Gasteiger partial charge in [-0.3, -0.25) is 4.79 Å². The van der Waals surface area contributed by atoms with E-state index < -0.39 is 5.91 Å². The summed E-state index contributed by atoms with van der Waals surface area (Å²) in [5.41, 5.74) is 8.56. The molecule has 3 aromatic rings. The number of fused-ring (bicyclic) bond motifs is 1. The quantitative estimate of drug-likeness (QED) is 0.699. The topological polar surface area (TPSA) is 113 Å². The fourth-order valence-electron chi connectivity index (χ4n) is 3.19. The van der Waals surface area contributed by atoms with E-state index >= 15 is 0 Å². The fourth-order valence-corrected chi connectivity index (χ4v) is 3.19. The maximum Gasteiger partial charge on any atom is 0.249 e. The molecule has 1 fully saturated rings. The number of likely N-dealkylation sites (N-methyl/N-ethyl adjacent to an activating group) is 1. The summed E-state index contributed by atoms with van der Waals surface area (Å²) in [6, 6.07) is 5.44. The minimum absolute atomic E-state index is 0.466. The Morgan fingerprint density at radius 1 is 1.11 bits per heavy atom. The molecule has 0 radical (unpaired) electrons. The van der Waals surface area contributed by atoms with Crippen molar-refractivity contribution in [3.63, 3.8) is 0 Å². The zero-order chi connectivity index (χ0) is 19.7. The number of hydrogen-bond donors (Lipinski definition) is 2. The normalized spacial score (nSPS) is 15.0. The van der Waals surface area contributed by atoms with Crippen molar-refractivity contribution in [2.75, 3.05) is 43.4 Å². The van der Waals surface area contributed by atoms with Gasteiger partial charge in [0.2, 0.25) is 11.9 Å². The molecule has 4 rings (SSSR count). The smallest absolute Gasteiger partial charge is 0.249 e. The highest BCUT2D eigenvalue weighted by Crippen LogP contribution is 2.25. The zero-order valence-electron chi connectivity index (χ0n) is 15.9.